The van der Waals surface area contributed by atoms with Crippen LogP contribution in [0.25, 0.3) is 0 Å². The summed E-state index contributed by atoms with van der Waals surface area (Å²) in [5, 5.41) is -0.917. The molecule has 0 aliphatic carbocycles. The van der Waals surface area contributed by atoms with E-state index in [1.807, 2.05) is 0 Å². The standard InChI is InChI=1S/C14H14N2O3S/c1-3-13(11-8-15-10-16-9-11)20(17,18)14-7-5-4-6-12(14)19-2/h3-10,13H,1H2,2H3. The van der Waals surface area contributed by atoms with Crippen LogP contribution in [0.2, 0.25) is 0 Å². The highest BCUT2D eigenvalue weighted by molar-refractivity contribution is 7.92. The van der Waals surface area contributed by atoms with Gasteiger partial charge in [0.25, 0.3) is 0 Å². The van der Waals surface area contributed by atoms with Gasteiger partial charge < -0.3 is 4.74 Å². The lowest BCUT2D eigenvalue weighted by Gasteiger charge is -2.15. The van der Waals surface area contributed by atoms with Crippen molar-refractivity contribution in [3.05, 3.63) is 61.2 Å². The molecule has 1 unspecified atom stereocenters. The van der Waals surface area contributed by atoms with Crippen molar-refractivity contribution >= 4 is 9.84 Å². The maximum atomic E-state index is 12.7. The Morgan fingerprint density at radius 1 is 1.25 bits per heavy atom. The molecule has 1 aromatic carbocycles. The van der Waals surface area contributed by atoms with Crippen molar-refractivity contribution < 1.29 is 13.2 Å². The van der Waals surface area contributed by atoms with Crippen LogP contribution in [0.5, 0.6) is 5.75 Å². The zero-order chi connectivity index (χ0) is 14.6. The molecule has 0 saturated heterocycles. The summed E-state index contributed by atoms with van der Waals surface area (Å²) in [6.07, 6.45) is 5.64. The second kappa shape index (κ2) is 5.83. The summed E-state index contributed by atoms with van der Waals surface area (Å²) in [6.45, 7) is 3.61. The minimum Gasteiger partial charge on any atom is -0.495 e. The number of para-hydroxylation sites is 1. The van der Waals surface area contributed by atoms with E-state index in [4.69, 9.17) is 4.74 Å². The summed E-state index contributed by atoms with van der Waals surface area (Å²) in [5.74, 6) is 0.302. The van der Waals surface area contributed by atoms with Crippen LogP contribution in [0.15, 0.2) is 60.5 Å². The minimum atomic E-state index is -3.67. The third-order valence-electron chi connectivity index (χ3n) is 2.83. The fourth-order valence-corrected chi connectivity index (χ4v) is 3.60. The number of nitrogens with zero attached hydrogens (tertiary/aromatic N) is 2. The monoisotopic (exact) mass is 290 g/mol. The third-order valence-corrected chi connectivity index (χ3v) is 4.92. The molecule has 0 N–H and O–H groups in total. The quantitative estimate of drug-likeness (QED) is 0.789. The first kappa shape index (κ1) is 14.2. The van der Waals surface area contributed by atoms with Gasteiger partial charge in [-0.25, -0.2) is 18.4 Å². The van der Waals surface area contributed by atoms with Gasteiger partial charge in [0.1, 0.15) is 22.2 Å². The second-order valence-corrected chi connectivity index (χ2v) is 6.06. The fourth-order valence-electron chi connectivity index (χ4n) is 1.89. The molecule has 0 spiro atoms. The van der Waals surface area contributed by atoms with Gasteiger partial charge in [0.15, 0.2) is 9.84 Å². The lowest BCUT2D eigenvalue weighted by atomic mass is 10.2. The summed E-state index contributed by atoms with van der Waals surface area (Å²) in [5.41, 5.74) is 0.466. The van der Waals surface area contributed by atoms with E-state index in [9.17, 15) is 8.42 Å². The summed E-state index contributed by atoms with van der Waals surface area (Å²) < 4.78 is 30.6. The minimum absolute atomic E-state index is 0.122. The van der Waals surface area contributed by atoms with E-state index in [2.05, 4.69) is 16.5 Å². The molecule has 2 aromatic rings. The first-order chi connectivity index (χ1) is 9.61. The molecule has 0 radical (unpaired) electrons. The molecular weight excluding hydrogens is 276 g/mol. The van der Waals surface area contributed by atoms with Gasteiger partial charge in [0, 0.05) is 18.0 Å². The molecule has 1 aromatic heterocycles. The number of ether oxygens (including phenoxy) is 1. The highest BCUT2D eigenvalue weighted by atomic mass is 32.2. The SMILES string of the molecule is C=CC(c1cncnc1)S(=O)(=O)c1ccccc1OC. The zero-order valence-electron chi connectivity index (χ0n) is 10.9. The van der Waals surface area contributed by atoms with Gasteiger partial charge in [-0.05, 0) is 12.1 Å². The summed E-state index contributed by atoms with van der Waals surface area (Å²) in [7, 11) is -2.24. The van der Waals surface area contributed by atoms with Crippen molar-refractivity contribution in [1.82, 2.24) is 9.97 Å². The molecule has 0 aliphatic rings. The van der Waals surface area contributed by atoms with Crippen LogP contribution >= 0.6 is 0 Å². The number of hydrogen-bond donors (Lipinski definition) is 0. The molecule has 5 nitrogen and oxygen atoms in total. The van der Waals surface area contributed by atoms with E-state index < -0.39 is 15.1 Å². The average Bonchev–Trinajstić information content (AvgIpc) is 2.48. The van der Waals surface area contributed by atoms with Gasteiger partial charge in [-0.1, -0.05) is 18.2 Å². The van der Waals surface area contributed by atoms with Crippen molar-refractivity contribution in [2.45, 2.75) is 10.1 Å². The van der Waals surface area contributed by atoms with Crippen LogP contribution < -0.4 is 4.74 Å². The summed E-state index contributed by atoms with van der Waals surface area (Å²) in [4.78, 5) is 7.82. The van der Waals surface area contributed by atoms with Crippen LogP contribution in [0.4, 0.5) is 0 Å². The Kier molecular flexibility index (Phi) is 4.14. The number of methoxy groups -OCH3 is 1. The van der Waals surface area contributed by atoms with E-state index in [1.165, 1.54) is 38.0 Å². The predicted molar refractivity (Wildman–Crippen MR) is 75.1 cm³/mol. The lowest BCUT2D eigenvalue weighted by Crippen LogP contribution is -2.13. The number of rotatable bonds is 5. The molecule has 0 fully saturated rings. The molecular formula is C14H14N2O3S. The van der Waals surface area contributed by atoms with E-state index in [0.29, 0.717) is 11.3 Å². The highest BCUT2D eigenvalue weighted by Crippen LogP contribution is 2.34. The topological polar surface area (TPSA) is 69.2 Å². The van der Waals surface area contributed by atoms with Crippen molar-refractivity contribution in [2.75, 3.05) is 7.11 Å². The van der Waals surface area contributed by atoms with E-state index >= 15 is 0 Å². The van der Waals surface area contributed by atoms with Gasteiger partial charge >= 0.3 is 0 Å². The van der Waals surface area contributed by atoms with Crippen LogP contribution in [0.3, 0.4) is 0 Å². The Morgan fingerprint density at radius 2 is 1.90 bits per heavy atom. The van der Waals surface area contributed by atoms with E-state index in [1.54, 1.807) is 18.2 Å². The number of sulfone groups is 1. The maximum Gasteiger partial charge on any atom is 0.192 e. The van der Waals surface area contributed by atoms with Crippen LogP contribution in [0.1, 0.15) is 10.8 Å². The van der Waals surface area contributed by atoms with Gasteiger partial charge in [0.2, 0.25) is 0 Å². The number of aromatic nitrogens is 2. The molecule has 20 heavy (non-hydrogen) atoms. The average molecular weight is 290 g/mol. The molecule has 1 atom stereocenters. The first-order valence-corrected chi connectivity index (χ1v) is 7.40. The van der Waals surface area contributed by atoms with Gasteiger partial charge in [0.05, 0.1) is 7.11 Å². The molecule has 0 saturated carbocycles. The Bertz CT molecular complexity index is 699. The first-order valence-electron chi connectivity index (χ1n) is 5.85. The molecule has 0 bridgehead atoms. The summed E-state index contributed by atoms with van der Waals surface area (Å²) >= 11 is 0. The third kappa shape index (κ3) is 2.55. The zero-order valence-corrected chi connectivity index (χ0v) is 11.7. The molecule has 1 heterocycles. The number of hydrogen-bond acceptors (Lipinski definition) is 5. The van der Waals surface area contributed by atoms with E-state index in [-0.39, 0.29) is 4.90 Å². The van der Waals surface area contributed by atoms with Crippen molar-refractivity contribution in [3.63, 3.8) is 0 Å². The van der Waals surface area contributed by atoms with Crippen LogP contribution in [-0.2, 0) is 9.84 Å². The Labute approximate surface area is 117 Å². The van der Waals surface area contributed by atoms with Gasteiger partial charge in [-0.2, -0.15) is 0 Å². The Hall–Kier alpha value is -2.21. The lowest BCUT2D eigenvalue weighted by molar-refractivity contribution is 0.402. The molecule has 2 rings (SSSR count). The van der Waals surface area contributed by atoms with Crippen molar-refractivity contribution in [3.8, 4) is 5.75 Å². The maximum absolute atomic E-state index is 12.7. The van der Waals surface area contributed by atoms with Gasteiger partial charge in [-0.15, -0.1) is 6.58 Å². The van der Waals surface area contributed by atoms with E-state index in [0.717, 1.165) is 0 Å². The Morgan fingerprint density at radius 3 is 2.50 bits per heavy atom. The summed E-state index contributed by atoms with van der Waals surface area (Å²) in [6, 6.07) is 6.48. The smallest absolute Gasteiger partial charge is 0.192 e. The second-order valence-electron chi connectivity index (χ2n) is 4.02. The largest absolute Gasteiger partial charge is 0.495 e. The highest BCUT2D eigenvalue weighted by Gasteiger charge is 2.29. The van der Waals surface area contributed by atoms with Crippen molar-refractivity contribution in [2.24, 2.45) is 0 Å². The predicted octanol–water partition coefficient (Wildman–Crippen LogP) is 2.19. The molecule has 6 heteroatoms. The molecule has 104 valence electrons. The van der Waals surface area contributed by atoms with Gasteiger partial charge in [-0.3, -0.25) is 0 Å². The normalized spacial score (nSPS) is 12.7. The molecule has 0 amide bonds. The number of benzene rings is 1. The Balaban J connectivity index is 2.56. The molecule has 0 aliphatic heterocycles. The van der Waals surface area contributed by atoms with Crippen LogP contribution in [-0.4, -0.2) is 25.5 Å². The van der Waals surface area contributed by atoms with Crippen molar-refractivity contribution in [1.29, 1.82) is 0 Å². The fraction of sp³-hybridized carbons (Fsp3) is 0.143. The van der Waals surface area contributed by atoms with Crippen LogP contribution in [0, 0.1) is 0 Å².